The van der Waals surface area contributed by atoms with Crippen molar-refractivity contribution in [1.82, 2.24) is 10.3 Å². The minimum Gasteiger partial charge on any atom is -0.494 e. The fraction of sp³-hybridized carbons (Fsp3) is 0.304. The van der Waals surface area contributed by atoms with E-state index in [1.54, 1.807) is 50.2 Å². The Morgan fingerprint density at radius 1 is 1.03 bits per heavy atom. The number of carbonyl (C=O) groups is 2. The number of carbonyl (C=O) groups excluding carboxylic acids is 2. The molecule has 0 aliphatic rings. The summed E-state index contributed by atoms with van der Waals surface area (Å²) >= 11 is 6.60. The molecule has 1 heterocycles. The van der Waals surface area contributed by atoms with Gasteiger partial charge in [-0.2, -0.15) is 0 Å². The molecule has 0 aliphatic heterocycles. The zero-order chi connectivity index (χ0) is 24.0. The van der Waals surface area contributed by atoms with Crippen LogP contribution in [0.1, 0.15) is 48.4 Å². The van der Waals surface area contributed by atoms with Crippen LogP contribution in [0.2, 0.25) is 0 Å². The van der Waals surface area contributed by atoms with E-state index in [0.29, 0.717) is 46.5 Å². The maximum Gasteiger partial charge on any atom is 0.338 e. The van der Waals surface area contributed by atoms with Crippen molar-refractivity contribution in [2.24, 2.45) is 0 Å². The van der Waals surface area contributed by atoms with Gasteiger partial charge in [0.05, 0.1) is 35.1 Å². The van der Waals surface area contributed by atoms with Gasteiger partial charge in [0.1, 0.15) is 11.5 Å². The molecule has 174 valence electrons. The first-order valence-corrected chi connectivity index (χ1v) is 11.7. The predicted octanol–water partition coefficient (Wildman–Crippen LogP) is 4.79. The van der Waals surface area contributed by atoms with E-state index >= 15 is 0 Å². The van der Waals surface area contributed by atoms with Gasteiger partial charge in [-0.25, -0.2) is 9.78 Å². The van der Waals surface area contributed by atoms with E-state index in [1.807, 2.05) is 13.8 Å². The zero-order valence-corrected chi connectivity index (χ0v) is 20.4. The topological polar surface area (TPSA) is 98.8 Å². The van der Waals surface area contributed by atoms with Crippen molar-refractivity contribution >= 4 is 55.9 Å². The Kier molecular flexibility index (Phi) is 8.18. The van der Waals surface area contributed by atoms with Gasteiger partial charge in [-0.05, 0) is 70.2 Å². The van der Waals surface area contributed by atoms with Crippen LogP contribution in [0, 0.1) is 0 Å². The number of amides is 1. The van der Waals surface area contributed by atoms with Crippen LogP contribution in [0.25, 0.3) is 10.2 Å². The van der Waals surface area contributed by atoms with Crippen LogP contribution in [0.4, 0.5) is 5.13 Å². The van der Waals surface area contributed by atoms with Crippen molar-refractivity contribution in [3.63, 3.8) is 0 Å². The number of anilines is 1. The van der Waals surface area contributed by atoms with Gasteiger partial charge in [-0.3, -0.25) is 10.1 Å². The average molecular weight is 488 g/mol. The van der Waals surface area contributed by atoms with Crippen LogP contribution < -0.4 is 20.1 Å². The van der Waals surface area contributed by atoms with Crippen LogP contribution in [-0.4, -0.2) is 41.3 Å². The maximum atomic E-state index is 12.7. The quantitative estimate of drug-likeness (QED) is 0.346. The van der Waals surface area contributed by atoms with E-state index in [4.69, 9.17) is 26.4 Å². The number of nitrogens with one attached hydrogen (secondary N) is 2. The Labute approximate surface area is 201 Å². The van der Waals surface area contributed by atoms with Gasteiger partial charge < -0.3 is 19.5 Å². The lowest BCUT2D eigenvalue weighted by atomic mass is 10.2. The van der Waals surface area contributed by atoms with Crippen molar-refractivity contribution in [3.05, 3.63) is 47.5 Å². The molecule has 0 radical (unpaired) electrons. The van der Waals surface area contributed by atoms with E-state index in [-0.39, 0.29) is 11.2 Å². The van der Waals surface area contributed by atoms with Crippen LogP contribution in [0.5, 0.6) is 11.5 Å². The molecule has 2 aromatic carbocycles. The van der Waals surface area contributed by atoms with Gasteiger partial charge in [-0.1, -0.05) is 11.3 Å². The van der Waals surface area contributed by atoms with Gasteiger partial charge >= 0.3 is 5.97 Å². The molecule has 33 heavy (non-hydrogen) atoms. The molecule has 1 aromatic heterocycles. The summed E-state index contributed by atoms with van der Waals surface area (Å²) in [6, 6.07) is 10.1. The molecule has 3 rings (SSSR count). The SMILES string of the molecule is CCOc1cc(OCC)cc(C(=O)NC(=S)Nc2nc3ccc(C(=O)OC(C)C)cc3s2)c1. The lowest BCUT2D eigenvalue weighted by Crippen LogP contribution is -2.34. The molecule has 0 fully saturated rings. The molecule has 0 spiro atoms. The van der Waals surface area contributed by atoms with E-state index < -0.39 is 11.9 Å². The summed E-state index contributed by atoms with van der Waals surface area (Å²) in [4.78, 5) is 29.3. The highest BCUT2D eigenvalue weighted by Crippen LogP contribution is 2.27. The highest BCUT2D eigenvalue weighted by molar-refractivity contribution is 7.80. The van der Waals surface area contributed by atoms with Gasteiger partial charge in [0.15, 0.2) is 10.2 Å². The van der Waals surface area contributed by atoms with Gasteiger partial charge in [0, 0.05) is 11.6 Å². The molecule has 0 saturated carbocycles. The van der Waals surface area contributed by atoms with Gasteiger partial charge in [-0.15, -0.1) is 0 Å². The number of hydrogen-bond acceptors (Lipinski definition) is 8. The van der Waals surface area contributed by atoms with Crippen LogP contribution in [0.15, 0.2) is 36.4 Å². The largest absolute Gasteiger partial charge is 0.494 e. The molecule has 10 heteroatoms. The first kappa shape index (κ1) is 24.4. The number of nitrogens with zero attached hydrogens (tertiary/aromatic N) is 1. The zero-order valence-electron chi connectivity index (χ0n) is 18.8. The third-order valence-electron chi connectivity index (χ3n) is 4.18. The summed E-state index contributed by atoms with van der Waals surface area (Å²) in [6.45, 7) is 8.24. The smallest absolute Gasteiger partial charge is 0.338 e. The number of thiazole rings is 1. The first-order chi connectivity index (χ1) is 15.8. The van der Waals surface area contributed by atoms with Crippen molar-refractivity contribution < 1.29 is 23.8 Å². The average Bonchev–Trinajstić information content (AvgIpc) is 3.14. The van der Waals surface area contributed by atoms with Crippen LogP contribution in [-0.2, 0) is 4.74 Å². The second kappa shape index (κ2) is 11.1. The Morgan fingerprint density at radius 3 is 2.30 bits per heavy atom. The monoisotopic (exact) mass is 487 g/mol. The van der Waals surface area contributed by atoms with Crippen molar-refractivity contribution in [3.8, 4) is 11.5 Å². The number of ether oxygens (including phenoxy) is 3. The van der Waals surface area contributed by atoms with E-state index in [1.165, 1.54) is 11.3 Å². The molecule has 0 bridgehead atoms. The second-order valence-electron chi connectivity index (χ2n) is 7.12. The van der Waals surface area contributed by atoms with Crippen LogP contribution >= 0.6 is 23.6 Å². The number of benzene rings is 2. The number of fused-ring (bicyclic) bond motifs is 1. The summed E-state index contributed by atoms with van der Waals surface area (Å²) in [5.41, 5.74) is 1.50. The number of hydrogen-bond donors (Lipinski definition) is 2. The lowest BCUT2D eigenvalue weighted by Gasteiger charge is -2.11. The molecular formula is C23H25N3O5S2. The Hall–Kier alpha value is -3.24. The molecule has 0 atom stereocenters. The van der Waals surface area contributed by atoms with E-state index in [0.717, 1.165) is 4.70 Å². The highest BCUT2D eigenvalue weighted by atomic mass is 32.1. The fourth-order valence-corrected chi connectivity index (χ4v) is 4.06. The standard InChI is InChI=1S/C23H25N3O5S2/c1-5-29-16-9-15(10-17(12-16)30-6-2)20(27)25-22(32)26-23-24-18-8-7-14(11-19(18)33-23)21(28)31-13(3)4/h7-13H,5-6H2,1-4H3,(H2,24,25,26,27,32). The third kappa shape index (κ3) is 6.62. The summed E-state index contributed by atoms with van der Waals surface area (Å²) in [5.74, 6) is 0.268. The summed E-state index contributed by atoms with van der Waals surface area (Å²) < 4.78 is 17.1. The predicted molar refractivity (Wildman–Crippen MR) is 133 cm³/mol. The summed E-state index contributed by atoms with van der Waals surface area (Å²) in [6.07, 6.45) is -0.202. The minimum absolute atomic E-state index is 0.0956. The summed E-state index contributed by atoms with van der Waals surface area (Å²) in [5, 5.41) is 6.15. The molecular weight excluding hydrogens is 462 g/mol. The van der Waals surface area contributed by atoms with Gasteiger partial charge in [0.2, 0.25) is 0 Å². The second-order valence-corrected chi connectivity index (χ2v) is 8.56. The molecule has 1 amide bonds. The van der Waals surface area contributed by atoms with Crippen molar-refractivity contribution in [1.29, 1.82) is 0 Å². The number of aromatic nitrogens is 1. The third-order valence-corrected chi connectivity index (χ3v) is 5.32. The minimum atomic E-state index is -0.408. The Balaban J connectivity index is 1.70. The number of rotatable bonds is 8. The van der Waals surface area contributed by atoms with Crippen LogP contribution in [0.3, 0.4) is 0 Å². The van der Waals surface area contributed by atoms with Crippen molar-refractivity contribution in [2.75, 3.05) is 18.5 Å². The van der Waals surface area contributed by atoms with Gasteiger partial charge in [0.25, 0.3) is 5.91 Å². The van der Waals surface area contributed by atoms with E-state index in [9.17, 15) is 9.59 Å². The molecule has 2 N–H and O–H groups in total. The number of thiocarbonyl (C=S) groups is 1. The van der Waals surface area contributed by atoms with E-state index in [2.05, 4.69) is 15.6 Å². The van der Waals surface area contributed by atoms with Crippen molar-refractivity contribution in [2.45, 2.75) is 33.8 Å². The Morgan fingerprint density at radius 2 is 1.70 bits per heavy atom. The fourth-order valence-electron chi connectivity index (χ4n) is 2.89. The molecule has 0 aliphatic carbocycles. The molecule has 0 saturated heterocycles. The molecule has 0 unspecified atom stereocenters. The molecule has 3 aromatic rings. The first-order valence-electron chi connectivity index (χ1n) is 10.4. The summed E-state index contributed by atoms with van der Waals surface area (Å²) in [7, 11) is 0. The maximum absolute atomic E-state index is 12.7. The molecule has 8 nitrogen and oxygen atoms in total. The highest BCUT2D eigenvalue weighted by Gasteiger charge is 2.15. The lowest BCUT2D eigenvalue weighted by molar-refractivity contribution is 0.0378. The Bertz CT molecular complexity index is 1150. The normalized spacial score (nSPS) is 10.7. The number of esters is 1.